The molecule has 1 aromatic heterocycles. The van der Waals surface area contributed by atoms with Crippen molar-refractivity contribution >= 4 is 0 Å². The fraction of sp³-hybridized carbons (Fsp3) is 0.375. The molecule has 0 spiro atoms. The van der Waals surface area contributed by atoms with Crippen LogP contribution in [0.5, 0.6) is 0 Å². The van der Waals surface area contributed by atoms with E-state index < -0.39 is 6.10 Å². The molecule has 0 aliphatic heterocycles. The number of furan rings is 1. The minimum Gasteiger partial charge on any atom is -0.467 e. The van der Waals surface area contributed by atoms with Gasteiger partial charge in [0.15, 0.2) is 0 Å². The molecule has 2 aromatic rings. The van der Waals surface area contributed by atoms with Gasteiger partial charge in [0.2, 0.25) is 0 Å². The standard InChI is InChI=1S/C16H21NO3/c1-13(14-6-3-2-4-7-14)17-10-15(18)11-19-12-16-8-5-9-20-16/h2-9,13,15,17-18H,10-12H2,1H3. The lowest BCUT2D eigenvalue weighted by molar-refractivity contribution is 0.0217. The van der Waals surface area contributed by atoms with Crippen molar-refractivity contribution < 1.29 is 14.3 Å². The molecule has 1 aromatic carbocycles. The van der Waals surface area contributed by atoms with Gasteiger partial charge in [-0.1, -0.05) is 30.3 Å². The molecular formula is C16H21NO3. The molecule has 4 nitrogen and oxygen atoms in total. The van der Waals surface area contributed by atoms with Crippen LogP contribution in [0.4, 0.5) is 0 Å². The van der Waals surface area contributed by atoms with Crippen LogP contribution in [0.1, 0.15) is 24.3 Å². The number of aliphatic hydroxyl groups excluding tert-OH is 1. The molecule has 0 aliphatic carbocycles. The first-order valence-corrected chi connectivity index (χ1v) is 6.82. The van der Waals surface area contributed by atoms with Gasteiger partial charge in [-0.2, -0.15) is 0 Å². The maximum atomic E-state index is 9.86. The van der Waals surface area contributed by atoms with Crippen LogP contribution in [-0.2, 0) is 11.3 Å². The molecule has 0 bridgehead atoms. The van der Waals surface area contributed by atoms with Gasteiger partial charge >= 0.3 is 0 Å². The van der Waals surface area contributed by atoms with Gasteiger partial charge in [-0.15, -0.1) is 0 Å². The molecular weight excluding hydrogens is 254 g/mol. The van der Waals surface area contributed by atoms with Gasteiger partial charge in [-0.25, -0.2) is 0 Å². The molecule has 0 fully saturated rings. The van der Waals surface area contributed by atoms with Crippen molar-refractivity contribution in [3.05, 3.63) is 60.1 Å². The van der Waals surface area contributed by atoms with Crippen LogP contribution in [0.15, 0.2) is 53.1 Å². The Morgan fingerprint density at radius 1 is 1.20 bits per heavy atom. The second kappa shape index (κ2) is 7.85. The summed E-state index contributed by atoms with van der Waals surface area (Å²) in [5.41, 5.74) is 1.20. The highest BCUT2D eigenvalue weighted by molar-refractivity contribution is 5.17. The zero-order chi connectivity index (χ0) is 14.2. The van der Waals surface area contributed by atoms with Crippen molar-refractivity contribution in [3.8, 4) is 0 Å². The summed E-state index contributed by atoms with van der Waals surface area (Å²) in [7, 11) is 0. The van der Waals surface area contributed by atoms with E-state index in [2.05, 4.69) is 24.4 Å². The average molecular weight is 275 g/mol. The predicted molar refractivity (Wildman–Crippen MR) is 77.2 cm³/mol. The number of hydrogen-bond acceptors (Lipinski definition) is 4. The molecule has 108 valence electrons. The quantitative estimate of drug-likeness (QED) is 0.777. The van der Waals surface area contributed by atoms with E-state index in [1.807, 2.05) is 30.3 Å². The van der Waals surface area contributed by atoms with Crippen molar-refractivity contribution in [3.63, 3.8) is 0 Å². The second-order valence-electron chi connectivity index (χ2n) is 4.79. The van der Waals surface area contributed by atoms with Crippen molar-refractivity contribution in [1.29, 1.82) is 0 Å². The molecule has 2 N–H and O–H groups in total. The third-order valence-electron chi connectivity index (χ3n) is 3.09. The Balaban J connectivity index is 1.63. The Kier molecular flexibility index (Phi) is 5.80. The normalized spacial score (nSPS) is 14.1. The monoisotopic (exact) mass is 275 g/mol. The van der Waals surface area contributed by atoms with E-state index in [1.165, 1.54) is 5.56 Å². The molecule has 2 atom stereocenters. The first-order chi connectivity index (χ1) is 9.75. The summed E-state index contributed by atoms with van der Waals surface area (Å²) < 4.78 is 10.5. The van der Waals surface area contributed by atoms with Crippen LogP contribution in [0.2, 0.25) is 0 Å². The fourth-order valence-corrected chi connectivity index (χ4v) is 1.92. The van der Waals surface area contributed by atoms with Gasteiger partial charge in [0.25, 0.3) is 0 Å². The van der Waals surface area contributed by atoms with Gasteiger partial charge in [0, 0.05) is 12.6 Å². The molecule has 2 unspecified atom stereocenters. The van der Waals surface area contributed by atoms with Crippen molar-refractivity contribution in [2.24, 2.45) is 0 Å². The predicted octanol–water partition coefficient (Wildman–Crippen LogP) is 2.51. The highest BCUT2D eigenvalue weighted by atomic mass is 16.5. The van der Waals surface area contributed by atoms with E-state index in [-0.39, 0.29) is 12.6 Å². The van der Waals surface area contributed by atoms with Gasteiger partial charge in [0.1, 0.15) is 12.4 Å². The zero-order valence-corrected chi connectivity index (χ0v) is 11.7. The number of ether oxygens (including phenoxy) is 1. The summed E-state index contributed by atoms with van der Waals surface area (Å²) in [6.45, 7) is 3.24. The lowest BCUT2D eigenvalue weighted by atomic mass is 10.1. The molecule has 0 radical (unpaired) electrons. The summed E-state index contributed by atoms with van der Waals surface area (Å²) >= 11 is 0. The number of benzene rings is 1. The van der Waals surface area contributed by atoms with E-state index in [0.717, 1.165) is 5.76 Å². The molecule has 0 amide bonds. The van der Waals surface area contributed by atoms with Crippen LogP contribution in [-0.4, -0.2) is 24.4 Å². The number of aliphatic hydroxyl groups is 1. The Hall–Kier alpha value is -1.62. The lowest BCUT2D eigenvalue weighted by Gasteiger charge is -2.17. The Morgan fingerprint density at radius 2 is 2.00 bits per heavy atom. The van der Waals surface area contributed by atoms with Crippen LogP contribution < -0.4 is 5.32 Å². The minimum absolute atomic E-state index is 0.205. The van der Waals surface area contributed by atoms with Crippen molar-refractivity contribution in [2.75, 3.05) is 13.2 Å². The van der Waals surface area contributed by atoms with E-state index in [9.17, 15) is 5.11 Å². The molecule has 20 heavy (non-hydrogen) atoms. The Labute approximate surface area is 119 Å². The van der Waals surface area contributed by atoms with Crippen LogP contribution in [0.25, 0.3) is 0 Å². The highest BCUT2D eigenvalue weighted by Gasteiger charge is 2.09. The summed E-state index contributed by atoms with van der Waals surface area (Å²) in [4.78, 5) is 0. The van der Waals surface area contributed by atoms with Gasteiger partial charge in [0.05, 0.1) is 19.0 Å². The SMILES string of the molecule is CC(NCC(O)COCc1ccco1)c1ccccc1. The molecule has 0 saturated carbocycles. The summed E-state index contributed by atoms with van der Waals surface area (Å²) in [5.74, 6) is 0.766. The summed E-state index contributed by atoms with van der Waals surface area (Å²) in [6.07, 6.45) is 1.08. The summed E-state index contributed by atoms with van der Waals surface area (Å²) in [6, 6.07) is 14.0. The van der Waals surface area contributed by atoms with Crippen molar-refractivity contribution in [2.45, 2.75) is 25.7 Å². The van der Waals surface area contributed by atoms with Gasteiger partial charge in [-0.3, -0.25) is 0 Å². The molecule has 0 saturated heterocycles. The van der Waals surface area contributed by atoms with E-state index in [1.54, 1.807) is 6.26 Å². The number of nitrogens with one attached hydrogen (secondary N) is 1. The maximum Gasteiger partial charge on any atom is 0.129 e. The molecule has 0 aliphatic rings. The maximum absolute atomic E-state index is 9.86. The third kappa shape index (κ3) is 4.81. The van der Waals surface area contributed by atoms with Gasteiger partial charge in [-0.05, 0) is 24.6 Å². The lowest BCUT2D eigenvalue weighted by Crippen LogP contribution is -2.32. The number of rotatable bonds is 8. The van der Waals surface area contributed by atoms with Gasteiger partial charge < -0.3 is 19.6 Å². The first kappa shape index (κ1) is 14.8. The van der Waals surface area contributed by atoms with E-state index >= 15 is 0 Å². The third-order valence-corrected chi connectivity index (χ3v) is 3.09. The second-order valence-corrected chi connectivity index (χ2v) is 4.79. The minimum atomic E-state index is -0.531. The van der Waals surface area contributed by atoms with Crippen LogP contribution in [0.3, 0.4) is 0 Å². The Morgan fingerprint density at radius 3 is 2.70 bits per heavy atom. The fourth-order valence-electron chi connectivity index (χ4n) is 1.92. The van der Waals surface area contributed by atoms with Crippen LogP contribution >= 0.6 is 0 Å². The highest BCUT2D eigenvalue weighted by Crippen LogP contribution is 2.10. The largest absolute Gasteiger partial charge is 0.467 e. The molecule has 1 heterocycles. The Bertz CT molecular complexity index is 470. The summed E-state index contributed by atoms with van der Waals surface area (Å²) in [5, 5.41) is 13.1. The first-order valence-electron chi connectivity index (χ1n) is 6.82. The van der Waals surface area contributed by atoms with Crippen molar-refractivity contribution in [1.82, 2.24) is 5.32 Å². The average Bonchev–Trinajstić information content (AvgIpc) is 2.99. The van der Waals surface area contributed by atoms with Crippen LogP contribution in [0, 0.1) is 0 Å². The molecule has 4 heteroatoms. The van der Waals surface area contributed by atoms with E-state index in [4.69, 9.17) is 9.15 Å². The van der Waals surface area contributed by atoms with E-state index in [0.29, 0.717) is 13.2 Å². The number of hydrogen-bond donors (Lipinski definition) is 2. The topological polar surface area (TPSA) is 54.6 Å². The zero-order valence-electron chi connectivity index (χ0n) is 11.7. The molecule has 2 rings (SSSR count). The smallest absolute Gasteiger partial charge is 0.129 e.